The van der Waals surface area contributed by atoms with Crippen LogP contribution < -0.4 is 10.2 Å². The predicted molar refractivity (Wildman–Crippen MR) is 142 cm³/mol. The molecule has 0 unspecified atom stereocenters. The number of amides is 3. The highest BCUT2D eigenvalue weighted by molar-refractivity contribution is 8.18. The zero-order chi connectivity index (χ0) is 25.3. The molecule has 1 fully saturated rings. The van der Waals surface area contributed by atoms with Gasteiger partial charge < -0.3 is 14.8 Å². The predicted octanol–water partition coefficient (Wildman–Crippen LogP) is 5.14. The molecule has 0 spiro atoms. The van der Waals surface area contributed by atoms with E-state index in [4.69, 9.17) is 0 Å². The largest absolute Gasteiger partial charge is 0.378 e. The normalized spacial score (nSPS) is 14.7. The first-order valence-electron chi connectivity index (χ1n) is 11.2. The van der Waals surface area contributed by atoms with Gasteiger partial charge in [0.05, 0.1) is 4.91 Å². The van der Waals surface area contributed by atoms with Crippen LogP contribution >= 0.6 is 11.8 Å². The summed E-state index contributed by atoms with van der Waals surface area (Å²) in [5.74, 6) is -0.877. The Kier molecular flexibility index (Phi) is 6.84. The third-order valence-electron chi connectivity index (χ3n) is 5.86. The number of carbonyl (C=O) groups is 3. The fourth-order valence-corrected chi connectivity index (χ4v) is 4.90. The molecular formula is C27H28N4O3S. The van der Waals surface area contributed by atoms with E-state index in [0.717, 1.165) is 50.6 Å². The Morgan fingerprint density at radius 2 is 1.74 bits per heavy atom. The van der Waals surface area contributed by atoms with Crippen LogP contribution in [0.3, 0.4) is 0 Å². The second kappa shape index (κ2) is 9.84. The van der Waals surface area contributed by atoms with Crippen molar-refractivity contribution < 1.29 is 14.4 Å². The molecule has 1 aliphatic rings. The van der Waals surface area contributed by atoms with Crippen LogP contribution in [-0.4, -0.2) is 47.2 Å². The topological polar surface area (TPSA) is 74.7 Å². The van der Waals surface area contributed by atoms with Crippen LogP contribution in [0.25, 0.3) is 11.8 Å². The van der Waals surface area contributed by atoms with Crippen molar-refractivity contribution in [3.05, 3.63) is 82.0 Å². The maximum absolute atomic E-state index is 13.0. The van der Waals surface area contributed by atoms with Gasteiger partial charge in [0.1, 0.15) is 6.54 Å². The van der Waals surface area contributed by atoms with Gasteiger partial charge in [0.15, 0.2) is 0 Å². The van der Waals surface area contributed by atoms with Crippen molar-refractivity contribution in [2.45, 2.75) is 20.8 Å². The number of anilines is 2. The number of thioether (sulfide) groups is 1. The van der Waals surface area contributed by atoms with Crippen molar-refractivity contribution in [1.29, 1.82) is 0 Å². The summed E-state index contributed by atoms with van der Waals surface area (Å²) in [6, 6.07) is 17.6. The van der Waals surface area contributed by atoms with Gasteiger partial charge in [-0.2, -0.15) is 0 Å². The van der Waals surface area contributed by atoms with E-state index in [9.17, 15) is 14.4 Å². The van der Waals surface area contributed by atoms with E-state index in [1.165, 1.54) is 0 Å². The molecule has 1 aliphatic heterocycles. The van der Waals surface area contributed by atoms with Crippen molar-refractivity contribution in [2.24, 2.45) is 0 Å². The summed E-state index contributed by atoms with van der Waals surface area (Å²) in [4.78, 5) is 41.3. The molecule has 4 rings (SSSR count). The number of nitrogens with one attached hydrogen (secondary N) is 1. The molecule has 1 N–H and O–H groups in total. The van der Waals surface area contributed by atoms with Crippen LogP contribution in [0, 0.1) is 20.8 Å². The van der Waals surface area contributed by atoms with Gasteiger partial charge in [0.25, 0.3) is 11.1 Å². The summed E-state index contributed by atoms with van der Waals surface area (Å²) in [6.07, 6.45) is 1.73. The molecule has 180 valence electrons. The molecule has 2 heterocycles. The van der Waals surface area contributed by atoms with Gasteiger partial charge in [-0.05, 0) is 92.2 Å². The van der Waals surface area contributed by atoms with Crippen LogP contribution in [-0.2, 0) is 9.59 Å². The van der Waals surface area contributed by atoms with Crippen LogP contribution in [0.15, 0.2) is 59.5 Å². The first-order chi connectivity index (χ1) is 16.6. The lowest BCUT2D eigenvalue weighted by atomic mass is 10.2. The maximum Gasteiger partial charge on any atom is 0.294 e. The van der Waals surface area contributed by atoms with Gasteiger partial charge in [-0.25, -0.2) is 0 Å². The number of aryl methyl sites for hydroxylation is 2. The first kappa shape index (κ1) is 24.3. The van der Waals surface area contributed by atoms with Crippen LogP contribution in [0.1, 0.15) is 22.5 Å². The Labute approximate surface area is 209 Å². The van der Waals surface area contributed by atoms with Gasteiger partial charge in [-0.3, -0.25) is 19.3 Å². The number of hydrogen-bond donors (Lipinski definition) is 1. The van der Waals surface area contributed by atoms with Crippen molar-refractivity contribution in [3.8, 4) is 5.69 Å². The second-order valence-corrected chi connectivity index (χ2v) is 9.75. The summed E-state index contributed by atoms with van der Waals surface area (Å²) in [6.45, 7) is 5.59. The van der Waals surface area contributed by atoms with E-state index in [-0.39, 0.29) is 6.54 Å². The standard InChI is InChI=1S/C27H28N4O3S/c1-17-7-6-8-21(13-17)28-25(32)16-30-26(33)24(35-27(30)34)15-20-14-18(2)31(19(20)3)23-11-9-22(10-12-23)29(4)5/h6-15H,16H2,1-5H3,(H,28,32). The van der Waals surface area contributed by atoms with Crippen molar-refractivity contribution in [1.82, 2.24) is 9.47 Å². The molecule has 0 saturated carbocycles. The minimum atomic E-state index is -0.459. The van der Waals surface area contributed by atoms with Gasteiger partial charge >= 0.3 is 0 Å². The van der Waals surface area contributed by atoms with E-state index in [1.54, 1.807) is 12.1 Å². The molecule has 2 aromatic carbocycles. The molecule has 7 nitrogen and oxygen atoms in total. The monoisotopic (exact) mass is 488 g/mol. The van der Waals surface area contributed by atoms with Crippen LogP contribution in [0.5, 0.6) is 0 Å². The molecule has 0 radical (unpaired) electrons. The van der Waals surface area contributed by atoms with E-state index >= 15 is 0 Å². The van der Waals surface area contributed by atoms with E-state index < -0.39 is 17.1 Å². The Bertz CT molecular complexity index is 1340. The Morgan fingerprint density at radius 3 is 2.40 bits per heavy atom. The molecule has 0 atom stereocenters. The maximum atomic E-state index is 13.0. The Morgan fingerprint density at radius 1 is 1.03 bits per heavy atom. The highest BCUT2D eigenvalue weighted by atomic mass is 32.2. The lowest BCUT2D eigenvalue weighted by Gasteiger charge is -2.15. The van der Waals surface area contributed by atoms with E-state index in [2.05, 4.69) is 34.1 Å². The molecule has 3 aromatic rings. The quantitative estimate of drug-likeness (QED) is 0.486. The van der Waals surface area contributed by atoms with Gasteiger partial charge in [-0.15, -0.1) is 0 Å². The Hall–Kier alpha value is -3.78. The minimum absolute atomic E-state index is 0.307. The molecule has 8 heteroatoms. The van der Waals surface area contributed by atoms with Gasteiger partial charge in [0, 0.05) is 42.5 Å². The fourth-order valence-electron chi connectivity index (χ4n) is 4.08. The summed E-state index contributed by atoms with van der Waals surface area (Å²) in [5, 5.41) is 2.29. The van der Waals surface area contributed by atoms with Gasteiger partial charge in [0.2, 0.25) is 5.91 Å². The summed E-state index contributed by atoms with van der Waals surface area (Å²) >= 11 is 0.856. The highest BCUT2D eigenvalue weighted by Crippen LogP contribution is 2.34. The molecule has 3 amide bonds. The van der Waals surface area contributed by atoms with Crippen molar-refractivity contribution >= 4 is 46.3 Å². The average molecular weight is 489 g/mol. The van der Waals surface area contributed by atoms with Crippen molar-refractivity contribution in [3.63, 3.8) is 0 Å². The number of hydrogen-bond acceptors (Lipinski definition) is 5. The first-order valence-corrected chi connectivity index (χ1v) is 12.0. The number of imide groups is 1. The zero-order valence-electron chi connectivity index (χ0n) is 20.5. The third kappa shape index (κ3) is 5.17. The lowest BCUT2D eigenvalue weighted by Crippen LogP contribution is -2.36. The number of nitrogens with zero attached hydrogens (tertiary/aromatic N) is 3. The van der Waals surface area contributed by atoms with Gasteiger partial charge in [-0.1, -0.05) is 12.1 Å². The van der Waals surface area contributed by atoms with Crippen molar-refractivity contribution in [2.75, 3.05) is 30.9 Å². The number of carbonyl (C=O) groups excluding carboxylic acids is 3. The lowest BCUT2D eigenvalue weighted by molar-refractivity contribution is -0.127. The number of benzene rings is 2. The third-order valence-corrected chi connectivity index (χ3v) is 6.77. The fraction of sp³-hybridized carbons (Fsp3) is 0.222. The highest BCUT2D eigenvalue weighted by Gasteiger charge is 2.36. The number of aromatic nitrogens is 1. The molecule has 1 aromatic heterocycles. The smallest absolute Gasteiger partial charge is 0.294 e. The Balaban J connectivity index is 1.52. The molecular weight excluding hydrogens is 460 g/mol. The SMILES string of the molecule is Cc1cccc(NC(=O)CN2C(=O)SC(=Cc3cc(C)n(-c4ccc(N(C)C)cc4)c3C)C2=O)c1. The van der Waals surface area contributed by atoms with E-state index in [0.29, 0.717) is 10.6 Å². The summed E-state index contributed by atoms with van der Waals surface area (Å²) in [7, 11) is 4.00. The number of rotatable bonds is 6. The summed E-state index contributed by atoms with van der Waals surface area (Å²) in [5.41, 5.74) is 6.59. The molecule has 1 saturated heterocycles. The molecule has 0 aliphatic carbocycles. The summed E-state index contributed by atoms with van der Waals surface area (Å²) < 4.78 is 2.12. The second-order valence-electron chi connectivity index (χ2n) is 8.76. The zero-order valence-corrected chi connectivity index (χ0v) is 21.3. The molecule has 0 bridgehead atoms. The average Bonchev–Trinajstić information content (AvgIpc) is 3.23. The van der Waals surface area contributed by atoms with Crippen LogP contribution in [0.2, 0.25) is 0 Å². The van der Waals surface area contributed by atoms with E-state index in [1.807, 2.05) is 64.0 Å². The minimum Gasteiger partial charge on any atom is -0.378 e. The van der Waals surface area contributed by atoms with Crippen LogP contribution in [0.4, 0.5) is 16.2 Å². The molecule has 35 heavy (non-hydrogen) atoms.